The summed E-state index contributed by atoms with van der Waals surface area (Å²) in [4.78, 5) is 0. The van der Waals surface area contributed by atoms with Gasteiger partial charge in [-0.1, -0.05) is 42.1 Å². The third-order valence-electron chi connectivity index (χ3n) is 3.33. The molecule has 0 saturated heterocycles. The van der Waals surface area contributed by atoms with E-state index in [9.17, 15) is 18.3 Å². The average molecular weight is 293 g/mol. The number of hydrogen-bond acceptors (Lipinski definition) is 3. The molecule has 1 rings (SSSR count). The molecule has 0 amide bonds. The van der Waals surface area contributed by atoms with Gasteiger partial charge in [-0.15, -0.1) is 0 Å². The van der Waals surface area contributed by atoms with E-state index < -0.39 is 17.0 Å². The summed E-state index contributed by atoms with van der Waals surface area (Å²) in [7, 11) is 0. The van der Waals surface area contributed by atoms with Gasteiger partial charge in [-0.3, -0.25) is 0 Å². The fraction of sp³-hybridized carbons (Fsp3) is 0.538. The molecule has 1 aromatic carbocycles. The summed E-state index contributed by atoms with van der Waals surface area (Å²) in [5.41, 5.74) is 1.43. The van der Waals surface area contributed by atoms with Crippen molar-refractivity contribution in [2.45, 2.75) is 30.4 Å². The van der Waals surface area contributed by atoms with Crippen LogP contribution in [-0.2, 0) is 5.41 Å². The second kappa shape index (κ2) is 6.63. The molecule has 0 aliphatic heterocycles. The van der Waals surface area contributed by atoms with Crippen LogP contribution in [0.2, 0.25) is 0 Å². The molecule has 0 radical (unpaired) electrons. The van der Waals surface area contributed by atoms with Gasteiger partial charge < -0.3 is 10.8 Å². The third-order valence-corrected chi connectivity index (χ3v) is 4.06. The highest BCUT2D eigenvalue weighted by molar-refractivity contribution is 8.00. The molecule has 0 aromatic heterocycles. The smallest absolute Gasteiger partial charge is 0.392 e. The first-order chi connectivity index (χ1) is 8.82. The van der Waals surface area contributed by atoms with Crippen LogP contribution >= 0.6 is 11.8 Å². The molecule has 2 atom stereocenters. The summed E-state index contributed by atoms with van der Waals surface area (Å²) in [6, 6.07) is 8.98. The second-order valence-corrected chi connectivity index (χ2v) is 5.61. The van der Waals surface area contributed by atoms with E-state index in [1.807, 2.05) is 6.07 Å². The normalized spacial score (nSPS) is 16.9. The summed E-state index contributed by atoms with van der Waals surface area (Å²) < 4.78 is 36.6. The number of benzene rings is 1. The summed E-state index contributed by atoms with van der Waals surface area (Å²) >= 11 is -0.0788. The number of halogens is 3. The van der Waals surface area contributed by atoms with Crippen molar-refractivity contribution in [3.8, 4) is 0 Å². The van der Waals surface area contributed by atoms with Gasteiger partial charge in [-0.2, -0.15) is 13.2 Å². The molecule has 0 aliphatic carbocycles. The van der Waals surface area contributed by atoms with Crippen molar-refractivity contribution >= 4 is 11.8 Å². The molecule has 0 aliphatic rings. The molecule has 0 bridgehead atoms. The minimum Gasteiger partial charge on any atom is -0.392 e. The van der Waals surface area contributed by atoms with Crippen molar-refractivity contribution in [1.82, 2.24) is 0 Å². The highest BCUT2D eigenvalue weighted by atomic mass is 32.2. The molecular formula is C13H18F3NOS. The lowest BCUT2D eigenvalue weighted by Gasteiger charge is -2.36. The largest absolute Gasteiger partial charge is 0.441 e. The predicted molar refractivity (Wildman–Crippen MR) is 72.0 cm³/mol. The Morgan fingerprint density at radius 2 is 1.84 bits per heavy atom. The number of rotatable bonds is 6. The van der Waals surface area contributed by atoms with Gasteiger partial charge >= 0.3 is 5.51 Å². The molecule has 0 saturated carbocycles. The van der Waals surface area contributed by atoms with Gasteiger partial charge in [0.25, 0.3) is 0 Å². The summed E-state index contributed by atoms with van der Waals surface area (Å²) in [5, 5.41) is 9.98. The van der Waals surface area contributed by atoms with Crippen LogP contribution in [0.1, 0.15) is 18.9 Å². The van der Waals surface area contributed by atoms with Crippen molar-refractivity contribution in [3.63, 3.8) is 0 Å². The Morgan fingerprint density at radius 1 is 1.26 bits per heavy atom. The molecule has 19 heavy (non-hydrogen) atoms. The van der Waals surface area contributed by atoms with Gasteiger partial charge in [-0.05, 0) is 18.9 Å². The predicted octanol–water partition coefficient (Wildman–Crippen LogP) is 2.91. The molecule has 0 heterocycles. The maximum absolute atomic E-state index is 12.2. The zero-order chi connectivity index (χ0) is 14.5. The van der Waals surface area contributed by atoms with Crippen molar-refractivity contribution in [3.05, 3.63) is 35.9 Å². The van der Waals surface area contributed by atoms with Gasteiger partial charge in [0.2, 0.25) is 0 Å². The Labute approximate surface area is 115 Å². The quantitative estimate of drug-likeness (QED) is 0.848. The lowest BCUT2D eigenvalue weighted by atomic mass is 9.74. The van der Waals surface area contributed by atoms with Crippen LogP contribution in [0.4, 0.5) is 13.2 Å². The number of nitrogens with two attached hydrogens (primary N) is 1. The van der Waals surface area contributed by atoms with Crippen LogP contribution < -0.4 is 5.73 Å². The molecule has 2 unspecified atom stereocenters. The van der Waals surface area contributed by atoms with Crippen LogP contribution in [0.25, 0.3) is 0 Å². The number of aliphatic hydroxyl groups excluding tert-OH is 1. The van der Waals surface area contributed by atoms with Crippen LogP contribution in [0.3, 0.4) is 0 Å². The maximum Gasteiger partial charge on any atom is 0.441 e. The monoisotopic (exact) mass is 293 g/mol. The number of hydrogen-bond donors (Lipinski definition) is 2. The number of aliphatic hydroxyl groups is 1. The lowest BCUT2D eigenvalue weighted by Crippen LogP contribution is -2.45. The number of thioether (sulfide) groups is 1. The zero-order valence-electron chi connectivity index (χ0n) is 10.7. The first kappa shape index (κ1) is 16.3. The van der Waals surface area contributed by atoms with E-state index in [1.54, 1.807) is 31.2 Å². The van der Waals surface area contributed by atoms with Crippen molar-refractivity contribution < 1.29 is 18.3 Å². The average Bonchev–Trinajstić information content (AvgIpc) is 2.34. The van der Waals surface area contributed by atoms with Crippen molar-refractivity contribution in [2.75, 3.05) is 12.3 Å². The van der Waals surface area contributed by atoms with Crippen molar-refractivity contribution in [1.29, 1.82) is 0 Å². The van der Waals surface area contributed by atoms with E-state index in [-0.39, 0.29) is 30.5 Å². The second-order valence-electron chi connectivity index (χ2n) is 4.45. The van der Waals surface area contributed by atoms with E-state index >= 15 is 0 Å². The first-order valence-corrected chi connectivity index (χ1v) is 6.95. The topological polar surface area (TPSA) is 46.2 Å². The van der Waals surface area contributed by atoms with E-state index in [2.05, 4.69) is 0 Å². The molecule has 6 heteroatoms. The Morgan fingerprint density at radius 3 is 2.26 bits per heavy atom. The van der Waals surface area contributed by atoms with Crippen LogP contribution in [-0.4, -0.2) is 29.0 Å². The molecule has 0 fully saturated rings. The van der Waals surface area contributed by atoms with Crippen LogP contribution in [0, 0.1) is 0 Å². The minimum atomic E-state index is -4.25. The minimum absolute atomic E-state index is 0.0788. The highest BCUT2D eigenvalue weighted by Crippen LogP contribution is 2.36. The Kier molecular flexibility index (Phi) is 5.70. The van der Waals surface area contributed by atoms with E-state index in [1.165, 1.54) is 0 Å². The van der Waals surface area contributed by atoms with E-state index in [4.69, 9.17) is 5.73 Å². The highest BCUT2D eigenvalue weighted by Gasteiger charge is 2.37. The molecule has 3 N–H and O–H groups in total. The maximum atomic E-state index is 12.2. The third kappa shape index (κ3) is 4.40. The Balaban J connectivity index is 2.88. The lowest BCUT2D eigenvalue weighted by molar-refractivity contribution is -0.0330. The molecule has 108 valence electrons. The first-order valence-electron chi connectivity index (χ1n) is 5.96. The summed E-state index contributed by atoms with van der Waals surface area (Å²) in [6.07, 6.45) is -0.635. The van der Waals surface area contributed by atoms with Gasteiger partial charge in [-0.25, -0.2) is 0 Å². The standard InChI is InChI=1S/C13H18F3NOS/c1-10(18)12(9-17,7-8-19-13(14,15)16)11-5-3-2-4-6-11/h2-6,10,18H,7-9,17H2,1H3. The Hall–Kier alpha value is -0.720. The summed E-state index contributed by atoms with van der Waals surface area (Å²) in [5.74, 6) is -0.125. The molecule has 1 aromatic rings. The van der Waals surface area contributed by atoms with Gasteiger partial charge in [0, 0.05) is 17.7 Å². The molecule has 0 spiro atoms. The fourth-order valence-electron chi connectivity index (χ4n) is 2.10. The SMILES string of the molecule is CC(O)C(CN)(CCSC(F)(F)F)c1ccccc1. The Bertz CT molecular complexity index is 383. The van der Waals surface area contributed by atoms with Gasteiger partial charge in [0.1, 0.15) is 0 Å². The van der Waals surface area contributed by atoms with Gasteiger partial charge in [0.05, 0.1) is 6.10 Å². The molecular weight excluding hydrogens is 275 g/mol. The van der Waals surface area contributed by atoms with Crippen LogP contribution in [0.5, 0.6) is 0 Å². The van der Waals surface area contributed by atoms with E-state index in [0.717, 1.165) is 5.56 Å². The molecule has 2 nitrogen and oxygen atoms in total. The van der Waals surface area contributed by atoms with Crippen molar-refractivity contribution in [2.24, 2.45) is 5.73 Å². The van der Waals surface area contributed by atoms with Crippen LogP contribution in [0.15, 0.2) is 30.3 Å². The summed E-state index contributed by atoms with van der Waals surface area (Å²) in [6.45, 7) is 1.67. The van der Waals surface area contributed by atoms with E-state index in [0.29, 0.717) is 0 Å². The number of alkyl halides is 3. The fourth-order valence-corrected chi connectivity index (χ4v) is 2.80. The zero-order valence-corrected chi connectivity index (χ0v) is 11.5. The van der Waals surface area contributed by atoms with Gasteiger partial charge in [0.15, 0.2) is 0 Å².